The van der Waals surface area contributed by atoms with E-state index in [1.54, 1.807) is 28.9 Å². The molecule has 0 spiro atoms. The van der Waals surface area contributed by atoms with E-state index in [9.17, 15) is 5.11 Å². The van der Waals surface area contributed by atoms with Gasteiger partial charge in [0.15, 0.2) is 0 Å². The van der Waals surface area contributed by atoms with Crippen LogP contribution in [0.2, 0.25) is 10.3 Å². The quantitative estimate of drug-likeness (QED) is 0.766. The second-order valence-electron chi connectivity index (χ2n) is 4.84. The summed E-state index contributed by atoms with van der Waals surface area (Å²) in [5, 5.41) is 19.9. The molecule has 1 atom stereocenters. The average Bonchev–Trinajstić information content (AvgIpc) is 3.11. The van der Waals surface area contributed by atoms with Gasteiger partial charge < -0.3 is 5.11 Å². The van der Waals surface area contributed by atoms with Crippen LogP contribution < -0.4 is 0 Å². The molecule has 1 aromatic carbocycles. The molecule has 0 radical (unpaired) electrons. The zero-order valence-corrected chi connectivity index (χ0v) is 12.9. The minimum atomic E-state index is -1.27. The molecule has 3 aromatic rings. The topological polar surface area (TPSA) is 81.6 Å². The SMILES string of the molecule is OC(Cn1cncn1)(Cn1cnc(Cl)n1)c1ccc(Cl)cc1. The highest BCUT2D eigenvalue weighted by Crippen LogP contribution is 2.26. The predicted octanol–water partition coefficient (Wildman–Crippen LogP) is 1.76. The lowest BCUT2D eigenvalue weighted by atomic mass is 9.93. The maximum absolute atomic E-state index is 11.1. The van der Waals surface area contributed by atoms with Gasteiger partial charge in [0.1, 0.15) is 24.6 Å². The van der Waals surface area contributed by atoms with Crippen LogP contribution in [-0.2, 0) is 18.7 Å². The third kappa shape index (κ3) is 3.27. The molecule has 0 aliphatic carbocycles. The van der Waals surface area contributed by atoms with E-state index in [4.69, 9.17) is 23.2 Å². The number of aliphatic hydroxyl groups is 1. The molecule has 7 nitrogen and oxygen atoms in total. The predicted molar refractivity (Wildman–Crippen MR) is 80.4 cm³/mol. The van der Waals surface area contributed by atoms with E-state index in [2.05, 4.69) is 20.2 Å². The molecule has 114 valence electrons. The van der Waals surface area contributed by atoms with Crippen molar-refractivity contribution >= 4 is 23.2 Å². The molecule has 0 amide bonds. The monoisotopic (exact) mass is 338 g/mol. The number of aromatic nitrogens is 6. The van der Waals surface area contributed by atoms with Crippen molar-refractivity contribution in [2.24, 2.45) is 0 Å². The van der Waals surface area contributed by atoms with Crippen LogP contribution in [0.3, 0.4) is 0 Å². The van der Waals surface area contributed by atoms with Gasteiger partial charge in [-0.3, -0.25) is 0 Å². The van der Waals surface area contributed by atoms with Crippen LogP contribution in [-0.4, -0.2) is 34.6 Å². The average molecular weight is 339 g/mol. The lowest BCUT2D eigenvalue weighted by molar-refractivity contribution is -0.00540. The molecule has 9 heteroatoms. The Morgan fingerprint density at radius 3 is 2.36 bits per heavy atom. The van der Waals surface area contributed by atoms with E-state index >= 15 is 0 Å². The minimum Gasteiger partial charge on any atom is -0.381 e. The highest BCUT2D eigenvalue weighted by molar-refractivity contribution is 6.30. The lowest BCUT2D eigenvalue weighted by Gasteiger charge is -2.28. The van der Waals surface area contributed by atoms with Gasteiger partial charge in [0, 0.05) is 5.02 Å². The first-order valence-corrected chi connectivity index (χ1v) is 7.16. The maximum atomic E-state index is 11.1. The lowest BCUT2D eigenvalue weighted by Crippen LogP contribution is -2.36. The zero-order chi connectivity index (χ0) is 15.6. The van der Waals surface area contributed by atoms with Crippen LogP contribution in [0.15, 0.2) is 43.2 Å². The Morgan fingerprint density at radius 2 is 1.77 bits per heavy atom. The number of rotatable bonds is 5. The summed E-state index contributed by atoms with van der Waals surface area (Å²) in [6, 6.07) is 6.96. The molecule has 0 saturated carbocycles. The van der Waals surface area contributed by atoms with Gasteiger partial charge in [0.2, 0.25) is 5.28 Å². The summed E-state index contributed by atoms with van der Waals surface area (Å²) in [4.78, 5) is 7.74. The van der Waals surface area contributed by atoms with Gasteiger partial charge in [-0.15, -0.1) is 5.10 Å². The Balaban J connectivity index is 1.94. The molecular weight excluding hydrogens is 327 g/mol. The first-order chi connectivity index (χ1) is 10.5. The summed E-state index contributed by atoms with van der Waals surface area (Å²) >= 11 is 11.6. The molecule has 22 heavy (non-hydrogen) atoms. The molecule has 0 aliphatic heterocycles. The van der Waals surface area contributed by atoms with E-state index in [-0.39, 0.29) is 18.4 Å². The van der Waals surface area contributed by atoms with Crippen molar-refractivity contribution in [3.8, 4) is 0 Å². The Kier molecular flexibility index (Phi) is 4.10. The Bertz CT molecular complexity index is 742. The van der Waals surface area contributed by atoms with Crippen molar-refractivity contribution in [2.75, 3.05) is 0 Å². The summed E-state index contributed by atoms with van der Waals surface area (Å²) in [6.45, 7) is 0.361. The fourth-order valence-electron chi connectivity index (χ4n) is 2.19. The summed E-state index contributed by atoms with van der Waals surface area (Å²) in [5.41, 5.74) is -0.589. The van der Waals surface area contributed by atoms with Crippen molar-refractivity contribution in [1.82, 2.24) is 29.5 Å². The van der Waals surface area contributed by atoms with Gasteiger partial charge in [-0.1, -0.05) is 23.7 Å². The van der Waals surface area contributed by atoms with Crippen molar-refractivity contribution in [3.63, 3.8) is 0 Å². The molecule has 0 aliphatic rings. The second-order valence-corrected chi connectivity index (χ2v) is 5.62. The van der Waals surface area contributed by atoms with Gasteiger partial charge in [-0.25, -0.2) is 19.3 Å². The van der Waals surface area contributed by atoms with Gasteiger partial charge >= 0.3 is 0 Å². The van der Waals surface area contributed by atoms with Gasteiger partial charge in [0.25, 0.3) is 0 Å². The summed E-state index contributed by atoms with van der Waals surface area (Å²) in [5.74, 6) is 0. The maximum Gasteiger partial charge on any atom is 0.242 e. The highest BCUT2D eigenvalue weighted by atomic mass is 35.5. The molecule has 2 aromatic heterocycles. The first kappa shape index (κ1) is 15.0. The van der Waals surface area contributed by atoms with Crippen LogP contribution in [0, 0.1) is 0 Å². The molecule has 0 fully saturated rings. The van der Waals surface area contributed by atoms with Gasteiger partial charge in [-0.05, 0) is 29.3 Å². The van der Waals surface area contributed by atoms with Crippen LogP contribution >= 0.6 is 23.2 Å². The Labute approximate surface area is 136 Å². The molecule has 2 heterocycles. The smallest absolute Gasteiger partial charge is 0.242 e. The van der Waals surface area contributed by atoms with Crippen LogP contribution in [0.25, 0.3) is 0 Å². The van der Waals surface area contributed by atoms with E-state index in [0.717, 1.165) is 0 Å². The van der Waals surface area contributed by atoms with Gasteiger partial charge in [-0.2, -0.15) is 5.10 Å². The van der Waals surface area contributed by atoms with Crippen LogP contribution in [0.1, 0.15) is 5.56 Å². The molecule has 0 bridgehead atoms. The molecule has 0 saturated heterocycles. The number of hydrogen-bond donors (Lipinski definition) is 1. The number of hydrogen-bond acceptors (Lipinski definition) is 5. The minimum absolute atomic E-state index is 0.124. The van der Waals surface area contributed by atoms with Crippen molar-refractivity contribution in [1.29, 1.82) is 0 Å². The third-order valence-corrected chi connectivity index (χ3v) is 3.63. The third-order valence-electron chi connectivity index (χ3n) is 3.20. The fraction of sp³-hybridized carbons (Fsp3) is 0.231. The molecular formula is C13H12Cl2N6O. The van der Waals surface area contributed by atoms with Crippen molar-refractivity contribution in [2.45, 2.75) is 18.7 Å². The van der Waals surface area contributed by atoms with Gasteiger partial charge in [0.05, 0.1) is 13.1 Å². The number of halogens is 2. The summed E-state index contributed by atoms with van der Waals surface area (Å²) < 4.78 is 3.03. The largest absolute Gasteiger partial charge is 0.381 e. The highest BCUT2D eigenvalue weighted by Gasteiger charge is 2.31. The van der Waals surface area contributed by atoms with E-state index in [0.29, 0.717) is 10.6 Å². The number of benzene rings is 1. The Morgan fingerprint density at radius 1 is 1.05 bits per heavy atom. The van der Waals surface area contributed by atoms with E-state index in [1.165, 1.54) is 23.7 Å². The number of nitrogens with zero attached hydrogens (tertiary/aromatic N) is 6. The van der Waals surface area contributed by atoms with E-state index < -0.39 is 5.60 Å². The van der Waals surface area contributed by atoms with Crippen LogP contribution in [0.4, 0.5) is 0 Å². The van der Waals surface area contributed by atoms with E-state index in [1.807, 2.05) is 0 Å². The standard InChI is InChI=1S/C13H12Cl2N6O/c14-11-3-1-10(2-4-11)13(22,5-20-8-16-7-18-20)6-21-9-17-12(15)19-21/h1-4,7-9,22H,5-6H2. The van der Waals surface area contributed by atoms with Crippen molar-refractivity contribution in [3.05, 3.63) is 59.1 Å². The molecule has 1 unspecified atom stereocenters. The Hall–Kier alpha value is -1.96. The summed E-state index contributed by atoms with van der Waals surface area (Å²) in [7, 11) is 0. The second kappa shape index (κ2) is 6.04. The van der Waals surface area contributed by atoms with Crippen molar-refractivity contribution < 1.29 is 5.11 Å². The molecule has 1 N–H and O–H groups in total. The van der Waals surface area contributed by atoms with Crippen LogP contribution in [0.5, 0.6) is 0 Å². The normalized spacial score (nSPS) is 14.0. The first-order valence-electron chi connectivity index (χ1n) is 6.41. The zero-order valence-electron chi connectivity index (χ0n) is 11.3. The summed E-state index contributed by atoms with van der Waals surface area (Å²) in [6.07, 6.45) is 4.41. The molecule has 3 rings (SSSR count). The fourth-order valence-corrected chi connectivity index (χ4v) is 2.46.